The quantitative estimate of drug-likeness (QED) is 0.894. The highest BCUT2D eigenvalue weighted by Gasteiger charge is 2.07. The number of benzene rings is 1. The van der Waals surface area contributed by atoms with Crippen molar-refractivity contribution in [1.29, 1.82) is 0 Å². The van der Waals surface area contributed by atoms with E-state index >= 15 is 0 Å². The molecule has 0 fully saturated rings. The van der Waals surface area contributed by atoms with Crippen molar-refractivity contribution in [2.45, 2.75) is 6.92 Å². The molecule has 1 aromatic carbocycles. The van der Waals surface area contributed by atoms with Crippen LogP contribution in [0.5, 0.6) is 0 Å². The number of aryl methyl sites for hydroxylation is 1. The smallest absolute Gasteiger partial charge is 0.135 e. The second kappa shape index (κ2) is 5.18. The maximum absolute atomic E-state index is 13.3. The fourth-order valence-electron chi connectivity index (χ4n) is 1.45. The first kappa shape index (κ1) is 12.6. The number of hydrogen-bond donors (Lipinski definition) is 2. The topological polar surface area (TPSA) is 49.8 Å². The molecule has 2 aromatic rings. The largest absolute Gasteiger partial charge is 0.373 e. The Labute approximate surface area is 109 Å². The molecule has 1 heterocycles. The second-order valence-electron chi connectivity index (χ2n) is 3.74. The van der Waals surface area contributed by atoms with E-state index in [0.717, 1.165) is 0 Å². The molecule has 0 saturated carbocycles. The number of rotatable bonds is 3. The Morgan fingerprint density at radius 2 is 1.89 bits per heavy atom. The third-order valence-electron chi connectivity index (χ3n) is 2.43. The standard InChI is InChI=1S/C12H12ClFN4/c1-7-3-10(8(13)4-9(7)14)18-12-5-11(15-2)16-6-17-12/h3-6H,1-2H3,(H2,15,16,17,18). The predicted octanol–water partition coefficient (Wildman–Crippen LogP) is 3.36. The van der Waals surface area contributed by atoms with E-state index in [1.807, 2.05) is 0 Å². The van der Waals surface area contributed by atoms with Crippen molar-refractivity contribution in [2.75, 3.05) is 17.7 Å². The van der Waals surface area contributed by atoms with Gasteiger partial charge < -0.3 is 10.6 Å². The number of anilines is 3. The number of aromatic nitrogens is 2. The lowest BCUT2D eigenvalue weighted by atomic mass is 10.2. The van der Waals surface area contributed by atoms with Crippen LogP contribution in [0.4, 0.5) is 21.7 Å². The van der Waals surface area contributed by atoms with E-state index in [0.29, 0.717) is 27.9 Å². The van der Waals surface area contributed by atoms with E-state index in [1.165, 1.54) is 12.4 Å². The van der Waals surface area contributed by atoms with Gasteiger partial charge in [-0.3, -0.25) is 0 Å². The molecule has 1 aromatic heterocycles. The van der Waals surface area contributed by atoms with Crippen LogP contribution in [0, 0.1) is 12.7 Å². The Morgan fingerprint density at radius 3 is 2.61 bits per heavy atom. The molecule has 0 aliphatic carbocycles. The summed E-state index contributed by atoms with van der Waals surface area (Å²) in [6, 6.07) is 4.65. The minimum absolute atomic E-state index is 0.308. The molecule has 94 valence electrons. The van der Waals surface area contributed by atoms with Crippen molar-refractivity contribution in [2.24, 2.45) is 0 Å². The maximum Gasteiger partial charge on any atom is 0.135 e. The van der Waals surface area contributed by atoms with Crippen molar-refractivity contribution >= 4 is 28.9 Å². The average Bonchev–Trinajstić information content (AvgIpc) is 2.36. The van der Waals surface area contributed by atoms with Gasteiger partial charge >= 0.3 is 0 Å². The summed E-state index contributed by atoms with van der Waals surface area (Å²) in [7, 11) is 1.77. The average molecular weight is 267 g/mol. The molecule has 2 N–H and O–H groups in total. The summed E-state index contributed by atoms with van der Waals surface area (Å²) in [5, 5.41) is 6.24. The molecule has 0 spiro atoms. The van der Waals surface area contributed by atoms with Gasteiger partial charge in [-0.25, -0.2) is 14.4 Å². The van der Waals surface area contributed by atoms with Gasteiger partial charge in [0.15, 0.2) is 0 Å². The van der Waals surface area contributed by atoms with Gasteiger partial charge in [0.2, 0.25) is 0 Å². The summed E-state index contributed by atoms with van der Waals surface area (Å²) >= 11 is 5.96. The fraction of sp³-hybridized carbons (Fsp3) is 0.167. The zero-order valence-corrected chi connectivity index (χ0v) is 10.7. The van der Waals surface area contributed by atoms with Gasteiger partial charge in [-0.1, -0.05) is 11.6 Å². The number of hydrogen-bond acceptors (Lipinski definition) is 4. The molecule has 2 rings (SSSR count). The summed E-state index contributed by atoms with van der Waals surface area (Å²) in [6.07, 6.45) is 1.43. The van der Waals surface area contributed by atoms with Crippen LogP contribution in [0.1, 0.15) is 5.56 Å². The molecule has 0 radical (unpaired) electrons. The number of nitrogens with zero attached hydrogens (tertiary/aromatic N) is 2. The van der Waals surface area contributed by atoms with E-state index in [4.69, 9.17) is 11.6 Å². The highest BCUT2D eigenvalue weighted by Crippen LogP contribution is 2.27. The third-order valence-corrected chi connectivity index (χ3v) is 2.75. The van der Waals surface area contributed by atoms with Gasteiger partial charge in [0.25, 0.3) is 0 Å². The Hall–Kier alpha value is -1.88. The van der Waals surface area contributed by atoms with Gasteiger partial charge in [0.1, 0.15) is 23.8 Å². The maximum atomic E-state index is 13.3. The van der Waals surface area contributed by atoms with Crippen LogP contribution >= 0.6 is 11.6 Å². The van der Waals surface area contributed by atoms with Gasteiger partial charge in [-0.2, -0.15) is 0 Å². The minimum atomic E-state index is -0.329. The van der Waals surface area contributed by atoms with Crippen LogP contribution in [0.25, 0.3) is 0 Å². The molecule has 0 aliphatic heterocycles. The molecule has 0 aliphatic rings. The molecule has 0 bridgehead atoms. The second-order valence-corrected chi connectivity index (χ2v) is 4.15. The summed E-state index contributed by atoms with van der Waals surface area (Å²) in [5.74, 6) is 0.939. The molecule has 0 amide bonds. The first-order valence-electron chi connectivity index (χ1n) is 5.32. The fourth-order valence-corrected chi connectivity index (χ4v) is 1.65. The van der Waals surface area contributed by atoms with E-state index in [-0.39, 0.29) is 5.82 Å². The van der Waals surface area contributed by atoms with Crippen molar-refractivity contribution in [3.05, 3.63) is 40.9 Å². The lowest BCUT2D eigenvalue weighted by Crippen LogP contribution is -1.99. The summed E-state index contributed by atoms with van der Waals surface area (Å²) in [4.78, 5) is 8.06. The highest BCUT2D eigenvalue weighted by molar-refractivity contribution is 6.33. The van der Waals surface area contributed by atoms with Gasteiger partial charge in [0, 0.05) is 13.1 Å². The monoisotopic (exact) mass is 266 g/mol. The van der Waals surface area contributed by atoms with Crippen LogP contribution in [0.15, 0.2) is 24.5 Å². The lowest BCUT2D eigenvalue weighted by molar-refractivity contribution is 0.619. The lowest BCUT2D eigenvalue weighted by Gasteiger charge is -2.09. The normalized spacial score (nSPS) is 10.2. The molecular weight excluding hydrogens is 255 g/mol. The van der Waals surface area contributed by atoms with E-state index in [1.54, 1.807) is 26.1 Å². The van der Waals surface area contributed by atoms with Crippen LogP contribution in [0.2, 0.25) is 5.02 Å². The predicted molar refractivity (Wildman–Crippen MR) is 71.0 cm³/mol. The summed E-state index contributed by atoms with van der Waals surface area (Å²) in [6.45, 7) is 1.68. The Kier molecular flexibility index (Phi) is 3.62. The Morgan fingerprint density at radius 1 is 1.17 bits per heavy atom. The first-order chi connectivity index (χ1) is 8.60. The van der Waals surface area contributed by atoms with E-state index < -0.39 is 0 Å². The van der Waals surface area contributed by atoms with Crippen LogP contribution in [0.3, 0.4) is 0 Å². The molecule has 0 atom stereocenters. The van der Waals surface area contributed by atoms with E-state index in [9.17, 15) is 4.39 Å². The van der Waals surface area contributed by atoms with Crippen molar-refractivity contribution in [3.63, 3.8) is 0 Å². The first-order valence-corrected chi connectivity index (χ1v) is 5.70. The highest BCUT2D eigenvalue weighted by atomic mass is 35.5. The third kappa shape index (κ3) is 2.68. The van der Waals surface area contributed by atoms with Gasteiger partial charge in [-0.15, -0.1) is 0 Å². The number of halogens is 2. The Bertz CT molecular complexity index is 574. The zero-order chi connectivity index (χ0) is 13.1. The summed E-state index contributed by atoms with van der Waals surface area (Å²) < 4.78 is 13.3. The van der Waals surface area contributed by atoms with Crippen LogP contribution < -0.4 is 10.6 Å². The molecule has 0 saturated heterocycles. The van der Waals surface area contributed by atoms with Crippen molar-refractivity contribution < 1.29 is 4.39 Å². The van der Waals surface area contributed by atoms with E-state index in [2.05, 4.69) is 20.6 Å². The van der Waals surface area contributed by atoms with Gasteiger partial charge in [-0.05, 0) is 24.6 Å². The summed E-state index contributed by atoms with van der Waals surface area (Å²) in [5.41, 5.74) is 1.13. The van der Waals surface area contributed by atoms with Crippen molar-refractivity contribution in [3.8, 4) is 0 Å². The number of nitrogens with one attached hydrogen (secondary N) is 2. The molecular formula is C12H12ClFN4. The molecule has 6 heteroatoms. The SMILES string of the molecule is CNc1cc(Nc2cc(C)c(F)cc2Cl)ncn1. The molecule has 4 nitrogen and oxygen atoms in total. The molecule has 18 heavy (non-hydrogen) atoms. The minimum Gasteiger partial charge on any atom is -0.373 e. The Balaban J connectivity index is 2.30. The van der Waals surface area contributed by atoms with Crippen LogP contribution in [-0.2, 0) is 0 Å². The van der Waals surface area contributed by atoms with Gasteiger partial charge in [0.05, 0.1) is 10.7 Å². The van der Waals surface area contributed by atoms with Crippen molar-refractivity contribution in [1.82, 2.24) is 9.97 Å². The van der Waals surface area contributed by atoms with Crippen LogP contribution in [-0.4, -0.2) is 17.0 Å². The zero-order valence-electron chi connectivity index (χ0n) is 9.96. The molecule has 0 unspecified atom stereocenters.